The van der Waals surface area contributed by atoms with Gasteiger partial charge in [-0.05, 0) is 31.5 Å². The normalized spacial score (nSPS) is 30.0. The number of non-ortho nitro benzene ring substituents is 1. The summed E-state index contributed by atoms with van der Waals surface area (Å²) in [5.41, 5.74) is -0.406. The van der Waals surface area contributed by atoms with Gasteiger partial charge in [0.05, 0.1) is 4.92 Å². The topological polar surface area (TPSA) is 95.7 Å². The average Bonchev–Trinajstić information content (AvgIpc) is 2.90. The van der Waals surface area contributed by atoms with Gasteiger partial charge in [-0.1, -0.05) is 24.3 Å². The first-order valence-electron chi connectivity index (χ1n) is 8.07. The number of fused-ring (bicyclic) bond motifs is 3. The van der Waals surface area contributed by atoms with E-state index in [4.69, 9.17) is 9.47 Å². The lowest BCUT2D eigenvalue weighted by Crippen LogP contribution is -2.41. The molecule has 2 bridgehead atoms. The number of ether oxygens (including phenoxy) is 2. The molecule has 1 saturated heterocycles. The Morgan fingerprint density at radius 2 is 1.54 bits per heavy atom. The molecule has 2 aliphatic heterocycles. The van der Waals surface area contributed by atoms with Gasteiger partial charge in [-0.3, -0.25) is 19.7 Å². The van der Waals surface area contributed by atoms with Crippen molar-refractivity contribution in [3.05, 3.63) is 75.3 Å². The van der Waals surface area contributed by atoms with Crippen molar-refractivity contribution >= 4 is 17.3 Å². The van der Waals surface area contributed by atoms with E-state index in [9.17, 15) is 19.7 Å². The van der Waals surface area contributed by atoms with E-state index in [0.29, 0.717) is 11.1 Å². The predicted molar refractivity (Wildman–Crippen MR) is 89.9 cm³/mol. The van der Waals surface area contributed by atoms with E-state index in [2.05, 4.69) is 0 Å². The highest BCUT2D eigenvalue weighted by molar-refractivity contribution is 6.16. The number of Topliss-reactive ketones (excluding diaryl/α,β-unsaturated/α-hetero) is 2. The van der Waals surface area contributed by atoms with Crippen molar-refractivity contribution < 1.29 is 24.0 Å². The summed E-state index contributed by atoms with van der Waals surface area (Å²) in [4.78, 5) is 36.5. The highest BCUT2D eigenvalue weighted by Gasteiger charge is 2.62. The summed E-state index contributed by atoms with van der Waals surface area (Å²) in [6, 6.07) is 12.3. The Bertz CT molecular complexity index is 953. The Kier molecular flexibility index (Phi) is 3.37. The monoisotopic (exact) mass is 353 g/mol. The Hall–Kier alpha value is -2.90. The quantitative estimate of drug-likeness (QED) is 0.607. The van der Waals surface area contributed by atoms with Crippen LogP contribution in [0.2, 0.25) is 0 Å². The summed E-state index contributed by atoms with van der Waals surface area (Å²) in [6.45, 7) is 3.08. The minimum absolute atomic E-state index is 0.0722. The molecule has 2 aromatic rings. The van der Waals surface area contributed by atoms with Crippen molar-refractivity contribution in [2.24, 2.45) is 0 Å². The molecule has 3 atom stereocenters. The molecule has 0 radical (unpaired) electrons. The summed E-state index contributed by atoms with van der Waals surface area (Å²) < 4.78 is 11.8. The fraction of sp³-hybridized carbons (Fsp3) is 0.263. The van der Waals surface area contributed by atoms with Gasteiger partial charge in [-0.2, -0.15) is 0 Å². The Morgan fingerprint density at radius 3 is 2.12 bits per heavy atom. The van der Waals surface area contributed by atoms with Crippen LogP contribution >= 0.6 is 0 Å². The molecule has 0 amide bonds. The third-order valence-corrected chi connectivity index (χ3v) is 4.94. The fourth-order valence-electron chi connectivity index (χ4n) is 3.63. The van der Waals surface area contributed by atoms with Crippen LogP contribution in [0.25, 0.3) is 0 Å². The van der Waals surface area contributed by atoms with Crippen molar-refractivity contribution in [2.45, 2.75) is 31.3 Å². The van der Waals surface area contributed by atoms with Gasteiger partial charge in [0, 0.05) is 23.3 Å². The summed E-state index contributed by atoms with van der Waals surface area (Å²) in [5.74, 6) is -2.38. The number of nitro groups is 1. The van der Waals surface area contributed by atoms with Gasteiger partial charge in [-0.15, -0.1) is 0 Å². The molecular formula is C19H15NO6. The number of carbonyl (C=O) groups excluding carboxylic acids is 2. The zero-order chi connectivity index (χ0) is 18.7. The highest BCUT2D eigenvalue weighted by atomic mass is 16.8. The highest BCUT2D eigenvalue weighted by Crippen LogP contribution is 2.50. The molecule has 4 rings (SSSR count). The number of nitro benzene ring substituents is 1. The number of nitrogens with zero attached hydrogens (tertiary/aromatic N) is 1. The minimum atomic E-state index is -1.61. The zero-order valence-corrected chi connectivity index (χ0v) is 14.1. The van der Waals surface area contributed by atoms with Crippen molar-refractivity contribution in [3.8, 4) is 0 Å². The van der Waals surface area contributed by atoms with E-state index < -0.39 is 28.2 Å². The standard InChI is InChI=1S/C19H15NO6/c1-18-15(21)13-5-3-4-6-14(13)16(22)19(2,26-18)25-17(18)11-7-9-12(10-8-11)20(23)24/h3-10,17H,1-2H3/t17-,18+,19-/m1/s1. The molecule has 0 aromatic heterocycles. The van der Waals surface area contributed by atoms with Crippen molar-refractivity contribution in [2.75, 3.05) is 0 Å². The number of hydrogen-bond donors (Lipinski definition) is 0. The molecule has 2 aliphatic rings. The maximum absolute atomic E-state index is 13.2. The van der Waals surface area contributed by atoms with Crippen molar-refractivity contribution in [1.29, 1.82) is 0 Å². The molecule has 2 heterocycles. The molecule has 1 fully saturated rings. The summed E-state index contributed by atoms with van der Waals surface area (Å²) in [7, 11) is 0. The van der Waals surface area contributed by atoms with E-state index >= 15 is 0 Å². The van der Waals surface area contributed by atoms with Gasteiger partial charge in [0.25, 0.3) is 5.69 Å². The Balaban J connectivity index is 1.85. The van der Waals surface area contributed by atoms with Crippen molar-refractivity contribution in [3.63, 3.8) is 0 Å². The molecule has 26 heavy (non-hydrogen) atoms. The van der Waals surface area contributed by atoms with Gasteiger partial charge in [-0.25, -0.2) is 0 Å². The van der Waals surface area contributed by atoms with Crippen LogP contribution in [0, 0.1) is 10.1 Å². The predicted octanol–water partition coefficient (Wildman–Crippen LogP) is 3.24. The third kappa shape index (κ3) is 2.14. The number of benzene rings is 2. The molecular weight excluding hydrogens is 338 g/mol. The van der Waals surface area contributed by atoms with Gasteiger partial charge < -0.3 is 9.47 Å². The van der Waals surface area contributed by atoms with Gasteiger partial charge >= 0.3 is 0 Å². The molecule has 7 heteroatoms. The van der Waals surface area contributed by atoms with Gasteiger partial charge in [0.1, 0.15) is 6.10 Å². The van der Waals surface area contributed by atoms with Crippen LogP contribution in [0.3, 0.4) is 0 Å². The number of rotatable bonds is 2. The molecule has 7 nitrogen and oxygen atoms in total. The van der Waals surface area contributed by atoms with Crippen LogP contribution in [-0.2, 0) is 9.47 Å². The van der Waals surface area contributed by atoms with Crippen LogP contribution < -0.4 is 0 Å². The van der Waals surface area contributed by atoms with E-state index in [1.807, 2.05) is 0 Å². The molecule has 0 aliphatic carbocycles. The molecule has 0 saturated carbocycles. The van der Waals surface area contributed by atoms with Crippen LogP contribution in [0.15, 0.2) is 48.5 Å². The average molecular weight is 353 g/mol. The maximum Gasteiger partial charge on any atom is 0.269 e. The minimum Gasteiger partial charge on any atom is -0.332 e. The van der Waals surface area contributed by atoms with E-state index in [-0.39, 0.29) is 17.0 Å². The second-order valence-electron chi connectivity index (χ2n) is 6.71. The van der Waals surface area contributed by atoms with Crippen LogP contribution in [0.1, 0.15) is 46.2 Å². The van der Waals surface area contributed by atoms with E-state index in [0.717, 1.165) is 0 Å². The summed E-state index contributed by atoms with van der Waals surface area (Å²) in [6.07, 6.45) is -0.863. The molecule has 0 spiro atoms. The number of hydrogen-bond acceptors (Lipinski definition) is 6. The lowest BCUT2D eigenvalue weighted by molar-refractivity contribution is -0.384. The summed E-state index contributed by atoms with van der Waals surface area (Å²) in [5, 5.41) is 10.9. The van der Waals surface area contributed by atoms with E-state index in [1.54, 1.807) is 31.2 Å². The largest absolute Gasteiger partial charge is 0.332 e. The first-order chi connectivity index (χ1) is 12.3. The van der Waals surface area contributed by atoms with Crippen LogP contribution in [0.5, 0.6) is 0 Å². The smallest absolute Gasteiger partial charge is 0.269 e. The lowest BCUT2D eigenvalue weighted by atomic mass is 9.83. The van der Waals surface area contributed by atoms with Crippen LogP contribution in [0.4, 0.5) is 5.69 Å². The van der Waals surface area contributed by atoms with Crippen LogP contribution in [-0.4, -0.2) is 27.9 Å². The van der Waals surface area contributed by atoms with Gasteiger partial charge in [0.2, 0.25) is 11.6 Å². The second-order valence-corrected chi connectivity index (χ2v) is 6.71. The Labute approximate surface area is 148 Å². The fourth-order valence-corrected chi connectivity index (χ4v) is 3.63. The molecule has 132 valence electrons. The molecule has 0 unspecified atom stereocenters. The summed E-state index contributed by atoms with van der Waals surface area (Å²) >= 11 is 0. The zero-order valence-electron chi connectivity index (χ0n) is 14.1. The molecule has 2 aromatic carbocycles. The first-order valence-corrected chi connectivity index (χ1v) is 8.07. The van der Waals surface area contributed by atoms with Crippen molar-refractivity contribution in [1.82, 2.24) is 0 Å². The van der Waals surface area contributed by atoms with E-state index in [1.165, 1.54) is 31.2 Å². The third-order valence-electron chi connectivity index (χ3n) is 4.94. The number of ketones is 2. The molecule has 0 N–H and O–H groups in total. The Morgan fingerprint density at radius 1 is 0.962 bits per heavy atom. The first kappa shape index (κ1) is 16.6. The maximum atomic E-state index is 13.2. The number of carbonyl (C=O) groups is 2. The SMILES string of the molecule is C[C@@]12O[C@H](c3ccc([N+](=O)[O-])cc3)[C@@](C)(O1)C(=O)c1ccccc1C2=O. The lowest BCUT2D eigenvalue weighted by Gasteiger charge is -2.27. The second kappa shape index (κ2) is 5.30. The van der Waals surface area contributed by atoms with Gasteiger partial charge in [0.15, 0.2) is 11.4 Å².